The molecule has 0 aliphatic rings. The lowest BCUT2D eigenvalue weighted by Crippen LogP contribution is -2.16. The number of nitriles is 1. The third-order valence-corrected chi connectivity index (χ3v) is 3.12. The number of nitrogens with two attached hydrogens (primary N) is 1. The number of nitrogen functional groups attached to an aromatic ring is 1. The van der Waals surface area contributed by atoms with Gasteiger partial charge in [0.15, 0.2) is 5.82 Å². The third-order valence-electron chi connectivity index (χ3n) is 2.56. The fraction of sp³-hybridized carbons (Fsp3) is 0.0833. The van der Waals surface area contributed by atoms with Gasteiger partial charge in [0.25, 0.3) is 0 Å². The molecule has 0 radical (unpaired) electrons. The molecule has 0 saturated carbocycles. The molecule has 7 heteroatoms. The highest BCUT2D eigenvalue weighted by atomic mass is 79.9. The first kappa shape index (κ1) is 13.3. The van der Waals surface area contributed by atoms with Gasteiger partial charge in [-0.05, 0) is 28.1 Å². The molecule has 0 spiro atoms. The van der Waals surface area contributed by atoms with Crippen molar-refractivity contribution >= 4 is 33.4 Å². The van der Waals surface area contributed by atoms with Crippen molar-refractivity contribution in [1.29, 1.82) is 5.26 Å². The molecule has 0 aliphatic heterocycles. The van der Waals surface area contributed by atoms with Crippen LogP contribution in [0, 0.1) is 11.3 Å². The lowest BCUT2D eigenvalue weighted by Gasteiger charge is -2.20. The van der Waals surface area contributed by atoms with Gasteiger partial charge < -0.3 is 4.90 Å². The molecular formula is C12H11BrN6. The molecule has 0 atom stereocenters. The van der Waals surface area contributed by atoms with Crippen LogP contribution in [0.3, 0.4) is 0 Å². The average Bonchev–Trinajstić information content (AvgIpc) is 2.47. The Morgan fingerprint density at radius 2 is 2.16 bits per heavy atom. The third kappa shape index (κ3) is 2.65. The summed E-state index contributed by atoms with van der Waals surface area (Å²) in [7, 11) is 1.82. The number of aromatic nitrogens is 2. The first-order valence-electron chi connectivity index (χ1n) is 5.39. The molecule has 3 N–H and O–H groups in total. The van der Waals surface area contributed by atoms with Gasteiger partial charge in [0.2, 0.25) is 5.95 Å². The maximum Gasteiger partial charge on any atom is 0.239 e. The van der Waals surface area contributed by atoms with Crippen LogP contribution in [0.1, 0.15) is 5.56 Å². The van der Waals surface area contributed by atoms with Crippen molar-refractivity contribution in [2.75, 3.05) is 17.4 Å². The van der Waals surface area contributed by atoms with Crippen LogP contribution in [0.4, 0.5) is 17.5 Å². The summed E-state index contributed by atoms with van der Waals surface area (Å²) in [6.07, 6.45) is 1.60. The van der Waals surface area contributed by atoms with E-state index in [1.54, 1.807) is 17.2 Å². The molecule has 0 bridgehead atoms. The zero-order valence-electron chi connectivity index (χ0n) is 10.1. The van der Waals surface area contributed by atoms with Crippen molar-refractivity contribution in [1.82, 2.24) is 9.97 Å². The maximum atomic E-state index is 9.13. The van der Waals surface area contributed by atoms with Crippen molar-refractivity contribution in [3.63, 3.8) is 0 Å². The Kier molecular flexibility index (Phi) is 3.94. The van der Waals surface area contributed by atoms with E-state index in [0.717, 1.165) is 5.69 Å². The SMILES string of the molecule is CN(c1ccccc1C#N)c1nc(NN)ncc1Br. The van der Waals surface area contributed by atoms with Crippen LogP contribution in [0.5, 0.6) is 0 Å². The van der Waals surface area contributed by atoms with Crippen LogP contribution in [0.15, 0.2) is 34.9 Å². The average molecular weight is 319 g/mol. The molecule has 0 fully saturated rings. The van der Waals surface area contributed by atoms with E-state index in [9.17, 15) is 0 Å². The monoisotopic (exact) mass is 318 g/mol. The Hall–Kier alpha value is -2.17. The number of halogens is 1. The van der Waals surface area contributed by atoms with Crippen molar-refractivity contribution in [2.45, 2.75) is 0 Å². The molecule has 0 unspecified atom stereocenters. The van der Waals surface area contributed by atoms with Crippen molar-refractivity contribution < 1.29 is 0 Å². The predicted molar refractivity (Wildman–Crippen MR) is 76.8 cm³/mol. The number of hydrogen-bond acceptors (Lipinski definition) is 6. The van der Waals surface area contributed by atoms with E-state index in [1.165, 1.54) is 0 Å². The summed E-state index contributed by atoms with van der Waals surface area (Å²) in [6.45, 7) is 0. The smallest absolute Gasteiger partial charge is 0.239 e. The van der Waals surface area contributed by atoms with Gasteiger partial charge in [-0.3, -0.25) is 5.43 Å². The normalized spacial score (nSPS) is 9.79. The molecule has 0 saturated heterocycles. The molecular weight excluding hydrogens is 308 g/mol. The summed E-state index contributed by atoms with van der Waals surface area (Å²) in [5.41, 5.74) is 3.72. The number of para-hydroxylation sites is 1. The summed E-state index contributed by atoms with van der Waals surface area (Å²) >= 11 is 3.39. The standard InChI is InChI=1S/C12H11BrN6/c1-19(10-5-3-2-4-8(10)6-14)11-9(13)7-16-12(17-11)18-15/h2-5,7H,15H2,1H3,(H,16,17,18). The summed E-state index contributed by atoms with van der Waals surface area (Å²) in [5.74, 6) is 6.22. The minimum Gasteiger partial charge on any atom is -0.327 e. The molecule has 2 aromatic rings. The van der Waals surface area contributed by atoms with E-state index in [1.807, 2.05) is 25.2 Å². The number of rotatable bonds is 3. The van der Waals surface area contributed by atoms with Gasteiger partial charge in [-0.15, -0.1) is 0 Å². The maximum absolute atomic E-state index is 9.13. The second kappa shape index (κ2) is 5.65. The molecule has 1 aromatic heterocycles. The van der Waals surface area contributed by atoms with Gasteiger partial charge in [-0.1, -0.05) is 12.1 Å². The van der Waals surface area contributed by atoms with Crippen LogP contribution < -0.4 is 16.2 Å². The van der Waals surface area contributed by atoms with Gasteiger partial charge in [0.1, 0.15) is 6.07 Å². The summed E-state index contributed by atoms with van der Waals surface area (Å²) in [4.78, 5) is 10.1. The Morgan fingerprint density at radius 3 is 2.84 bits per heavy atom. The fourth-order valence-corrected chi connectivity index (χ4v) is 2.09. The van der Waals surface area contributed by atoms with Crippen LogP contribution in [0.25, 0.3) is 0 Å². The molecule has 0 aliphatic carbocycles. The molecule has 96 valence electrons. The van der Waals surface area contributed by atoms with Gasteiger partial charge >= 0.3 is 0 Å². The van der Waals surface area contributed by atoms with Gasteiger partial charge in [0, 0.05) is 13.2 Å². The Morgan fingerprint density at radius 1 is 1.42 bits per heavy atom. The molecule has 19 heavy (non-hydrogen) atoms. The predicted octanol–water partition coefficient (Wildman–Crippen LogP) is 2.16. The van der Waals surface area contributed by atoms with E-state index >= 15 is 0 Å². The van der Waals surface area contributed by atoms with E-state index in [0.29, 0.717) is 21.8 Å². The number of anilines is 3. The Bertz CT molecular complexity index is 636. The highest BCUT2D eigenvalue weighted by Crippen LogP contribution is 2.30. The number of hydrazine groups is 1. The van der Waals surface area contributed by atoms with Crippen LogP contribution in [0.2, 0.25) is 0 Å². The van der Waals surface area contributed by atoms with Crippen LogP contribution in [-0.4, -0.2) is 17.0 Å². The first-order chi connectivity index (χ1) is 9.17. The van der Waals surface area contributed by atoms with Crippen molar-refractivity contribution in [2.24, 2.45) is 5.84 Å². The molecule has 2 rings (SSSR count). The number of hydrogen-bond donors (Lipinski definition) is 2. The van der Waals surface area contributed by atoms with Crippen molar-refractivity contribution in [3.8, 4) is 6.07 Å². The number of nitrogens with zero attached hydrogens (tertiary/aromatic N) is 4. The molecule has 6 nitrogen and oxygen atoms in total. The second-order valence-corrected chi connectivity index (χ2v) is 4.55. The summed E-state index contributed by atoms with van der Waals surface area (Å²) in [5, 5.41) is 9.13. The lowest BCUT2D eigenvalue weighted by atomic mass is 10.2. The van der Waals surface area contributed by atoms with E-state index in [4.69, 9.17) is 11.1 Å². The summed E-state index contributed by atoms with van der Waals surface area (Å²) < 4.78 is 0.710. The highest BCUT2D eigenvalue weighted by Gasteiger charge is 2.14. The van der Waals surface area contributed by atoms with E-state index < -0.39 is 0 Å². The van der Waals surface area contributed by atoms with Gasteiger partial charge in [-0.2, -0.15) is 10.2 Å². The van der Waals surface area contributed by atoms with Gasteiger partial charge in [0.05, 0.1) is 15.7 Å². The second-order valence-electron chi connectivity index (χ2n) is 3.70. The summed E-state index contributed by atoms with van der Waals surface area (Å²) in [6, 6.07) is 9.44. The van der Waals surface area contributed by atoms with Gasteiger partial charge in [-0.25, -0.2) is 10.8 Å². The topological polar surface area (TPSA) is 90.9 Å². The van der Waals surface area contributed by atoms with Crippen molar-refractivity contribution in [3.05, 3.63) is 40.5 Å². The lowest BCUT2D eigenvalue weighted by molar-refractivity contribution is 1.05. The minimum absolute atomic E-state index is 0.305. The Balaban J connectivity index is 2.50. The first-order valence-corrected chi connectivity index (χ1v) is 6.18. The fourth-order valence-electron chi connectivity index (χ4n) is 1.64. The van der Waals surface area contributed by atoms with Crippen LogP contribution >= 0.6 is 15.9 Å². The van der Waals surface area contributed by atoms with E-state index in [-0.39, 0.29) is 0 Å². The Labute approximate surface area is 119 Å². The highest BCUT2D eigenvalue weighted by molar-refractivity contribution is 9.10. The number of nitrogens with one attached hydrogen (secondary N) is 1. The zero-order chi connectivity index (χ0) is 13.8. The quantitative estimate of drug-likeness (QED) is 0.665. The van der Waals surface area contributed by atoms with Crippen LogP contribution in [-0.2, 0) is 0 Å². The largest absolute Gasteiger partial charge is 0.327 e. The molecule has 1 aromatic carbocycles. The molecule has 1 heterocycles. The zero-order valence-corrected chi connectivity index (χ0v) is 11.7. The van der Waals surface area contributed by atoms with E-state index in [2.05, 4.69) is 37.4 Å². The number of benzene rings is 1. The molecule has 0 amide bonds. The minimum atomic E-state index is 0.305.